The van der Waals surface area contributed by atoms with Crippen molar-refractivity contribution in [1.82, 2.24) is 10.0 Å². The molecule has 1 aromatic rings. The van der Waals surface area contributed by atoms with E-state index in [9.17, 15) is 13.2 Å². The molecule has 0 bridgehead atoms. The fourth-order valence-electron chi connectivity index (χ4n) is 2.12. The molecule has 1 aliphatic heterocycles. The predicted molar refractivity (Wildman–Crippen MR) is 83.8 cm³/mol. The Morgan fingerprint density at radius 1 is 1.41 bits per heavy atom. The fourth-order valence-corrected chi connectivity index (χ4v) is 3.36. The highest BCUT2D eigenvalue weighted by atomic mass is 32.2. The Kier molecular flexibility index (Phi) is 4.52. The molecule has 1 aliphatic rings. The van der Waals surface area contributed by atoms with E-state index in [2.05, 4.69) is 21.0 Å². The zero-order valence-electron chi connectivity index (χ0n) is 12.3. The van der Waals surface area contributed by atoms with Crippen molar-refractivity contribution in [3.8, 4) is 12.3 Å². The van der Waals surface area contributed by atoms with Gasteiger partial charge in [-0.1, -0.05) is 31.9 Å². The van der Waals surface area contributed by atoms with Gasteiger partial charge >= 0.3 is 0 Å². The lowest BCUT2D eigenvalue weighted by Gasteiger charge is -2.16. The number of fused-ring (bicyclic) bond motifs is 1. The average molecular weight is 319 g/mol. The van der Waals surface area contributed by atoms with Crippen molar-refractivity contribution < 1.29 is 13.2 Å². The third-order valence-corrected chi connectivity index (χ3v) is 4.59. The Balaban J connectivity index is 2.39. The molecule has 22 heavy (non-hydrogen) atoms. The molecule has 6 nitrogen and oxygen atoms in total. The maximum absolute atomic E-state index is 12.1. The van der Waals surface area contributed by atoms with Crippen LogP contribution in [0, 0.1) is 18.3 Å². The van der Waals surface area contributed by atoms with E-state index < -0.39 is 16.1 Å². The molecule has 0 saturated heterocycles. The maximum Gasteiger partial charge on any atom is 0.263 e. The van der Waals surface area contributed by atoms with E-state index in [0.717, 1.165) is 0 Å². The van der Waals surface area contributed by atoms with Crippen LogP contribution in [-0.2, 0) is 14.8 Å². The molecule has 0 aromatic heterocycles. The quantitative estimate of drug-likeness (QED) is 0.792. The van der Waals surface area contributed by atoms with Gasteiger partial charge in [0.05, 0.1) is 11.4 Å². The largest absolute Gasteiger partial charge is 0.343 e. The van der Waals surface area contributed by atoms with Crippen molar-refractivity contribution in [1.29, 1.82) is 0 Å². The van der Waals surface area contributed by atoms with Crippen LogP contribution in [0.15, 0.2) is 34.2 Å². The van der Waals surface area contributed by atoms with Crippen molar-refractivity contribution in [2.75, 3.05) is 6.54 Å². The number of amidine groups is 1. The molecule has 0 fully saturated rings. The lowest BCUT2D eigenvalue weighted by molar-refractivity contribution is -0.122. The number of hydrogen-bond donors (Lipinski definition) is 2. The van der Waals surface area contributed by atoms with Crippen LogP contribution in [0.1, 0.15) is 19.4 Å². The number of carbonyl (C=O) groups is 1. The van der Waals surface area contributed by atoms with E-state index in [1.54, 1.807) is 18.2 Å². The molecule has 1 heterocycles. The summed E-state index contributed by atoms with van der Waals surface area (Å²) in [5.74, 6) is 2.07. The second-order valence-corrected chi connectivity index (χ2v) is 6.84. The molecule has 2 rings (SSSR count). The minimum atomic E-state index is -3.61. The zero-order valence-corrected chi connectivity index (χ0v) is 13.1. The second-order valence-electron chi connectivity index (χ2n) is 5.19. The Morgan fingerprint density at radius 3 is 2.73 bits per heavy atom. The smallest absolute Gasteiger partial charge is 0.263 e. The van der Waals surface area contributed by atoms with Gasteiger partial charge in [-0.15, -0.1) is 6.42 Å². The van der Waals surface area contributed by atoms with Crippen LogP contribution in [0.5, 0.6) is 0 Å². The number of amides is 1. The van der Waals surface area contributed by atoms with Gasteiger partial charge in [-0.3, -0.25) is 14.5 Å². The first-order valence-electron chi connectivity index (χ1n) is 6.78. The first kappa shape index (κ1) is 16.0. The summed E-state index contributed by atoms with van der Waals surface area (Å²) in [7, 11) is -3.61. The molecule has 0 saturated carbocycles. The molecule has 2 N–H and O–H groups in total. The summed E-state index contributed by atoms with van der Waals surface area (Å²) in [6.07, 6.45) is 5.12. The standard InChI is InChI=1S/C15H17N3O3S/c1-4-9-16-15(19)13(10(2)3)17-14-11-7-5-6-8-12(11)22(20,21)18-14/h1,5-8,10,13H,9H2,2-3H3,(H,16,19)(H,17,18)/t13-/m1/s1. The summed E-state index contributed by atoms with van der Waals surface area (Å²) < 4.78 is 26.5. The van der Waals surface area contributed by atoms with Crippen LogP contribution < -0.4 is 10.0 Å². The minimum absolute atomic E-state index is 0.106. The van der Waals surface area contributed by atoms with Crippen LogP contribution >= 0.6 is 0 Å². The van der Waals surface area contributed by atoms with Gasteiger partial charge in [0, 0.05) is 5.56 Å². The Hall–Kier alpha value is -2.33. The highest BCUT2D eigenvalue weighted by Crippen LogP contribution is 2.23. The van der Waals surface area contributed by atoms with E-state index in [1.807, 2.05) is 13.8 Å². The van der Waals surface area contributed by atoms with Gasteiger partial charge in [0.2, 0.25) is 5.91 Å². The van der Waals surface area contributed by atoms with E-state index >= 15 is 0 Å². The van der Waals surface area contributed by atoms with E-state index in [4.69, 9.17) is 6.42 Å². The molecule has 0 unspecified atom stereocenters. The van der Waals surface area contributed by atoms with Gasteiger partial charge in [-0.05, 0) is 18.1 Å². The number of carbonyl (C=O) groups excluding carboxylic acids is 1. The summed E-state index contributed by atoms with van der Waals surface area (Å²) in [5, 5.41) is 2.57. The monoisotopic (exact) mass is 319 g/mol. The van der Waals surface area contributed by atoms with Gasteiger partial charge in [-0.25, -0.2) is 8.42 Å². The third kappa shape index (κ3) is 3.12. The SMILES string of the molecule is C#CCNC(=O)[C@H](N=C1NS(=O)(=O)c2ccccc21)C(C)C. The molecule has 0 radical (unpaired) electrons. The lowest BCUT2D eigenvalue weighted by atomic mass is 10.0. The van der Waals surface area contributed by atoms with Crippen molar-refractivity contribution in [2.45, 2.75) is 24.8 Å². The molecular weight excluding hydrogens is 302 g/mol. The molecule has 0 aliphatic carbocycles. The van der Waals surface area contributed by atoms with E-state index in [0.29, 0.717) is 5.56 Å². The van der Waals surface area contributed by atoms with E-state index in [-0.39, 0.29) is 29.1 Å². The number of sulfonamides is 1. The Morgan fingerprint density at radius 2 is 2.09 bits per heavy atom. The average Bonchev–Trinajstić information content (AvgIpc) is 2.73. The third-order valence-electron chi connectivity index (χ3n) is 3.20. The number of benzene rings is 1. The first-order chi connectivity index (χ1) is 10.4. The fraction of sp³-hybridized carbons (Fsp3) is 0.333. The molecule has 1 amide bonds. The number of aliphatic imine (C=N–C) groups is 1. The first-order valence-corrected chi connectivity index (χ1v) is 8.26. The molecule has 7 heteroatoms. The molecule has 1 aromatic carbocycles. The van der Waals surface area contributed by atoms with Crippen LogP contribution in [0.4, 0.5) is 0 Å². The van der Waals surface area contributed by atoms with Gasteiger partial charge < -0.3 is 5.32 Å². The summed E-state index contributed by atoms with van der Waals surface area (Å²) in [5.41, 5.74) is 0.470. The van der Waals surface area contributed by atoms with Gasteiger partial charge in [0.25, 0.3) is 10.0 Å². The summed E-state index contributed by atoms with van der Waals surface area (Å²) in [6, 6.07) is 5.79. The van der Waals surface area contributed by atoms with Crippen LogP contribution in [0.25, 0.3) is 0 Å². The van der Waals surface area contributed by atoms with Crippen molar-refractivity contribution in [2.24, 2.45) is 10.9 Å². The lowest BCUT2D eigenvalue weighted by Crippen LogP contribution is -2.38. The van der Waals surface area contributed by atoms with Gasteiger partial charge in [0.15, 0.2) is 0 Å². The summed E-state index contributed by atoms with van der Waals surface area (Å²) >= 11 is 0. The number of nitrogens with one attached hydrogen (secondary N) is 2. The van der Waals surface area contributed by atoms with Crippen LogP contribution in [0.3, 0.4) is 0 Å². The molecule has 0 spiro atoms. The van der Waals surface area contributed by atoms with Crippen LogP contribution in [0.2, 0.25) is 0 Å². The van der Waals surface area contributed by atoms with Crippen LogP contribution in [-0.4, -0.2) is 32.7 Å². The molecule has 1 atom stereocenters. The summed E-state index contributed by atoms with van der Waals surface area (Å²) in [6.45, 7) is 3.77. The summed E-state index contributed by atoms with van der Waals surface area (Å²) in [4.78, 5) is 16.6. The Bertz CT molecular complexity index is 760. The highest BCUT2D eigenvalue weighted by Gasteiger charge is 2.32. The predicted octanol–water partition coefficient (Wildman–Crippen LogP) is 0.499. The van der Waals surface area contributed by atoms with Crippen molar-refractivity contribution in [3.63, 3.8) is 0 Å². The number of terminal acetylenes is 1. The maximum atomic E-state index is 12.1. The number of nitrogens with zero attached hydrogens (tertiary/aromatic N) is 1. The number of hydrogen-bond acceptors (Lipinski definition) is 4. The van der Waals surface area contributed by atoms with Gasteiger partial charge in [-0.2, -0.15) is 0 Å². The molecule has 116 valence electrons. The van der Waals surface area contributed by atoms with Crippen molar-refractivity contribution in [3.05, 3.63) is 29.8 Å². The minimum Gasteiger partial charge on any atom is -0.343 e. The van der Waals surface area contributed by atoms with Gasteiger partial charge in [0.1, 0.15) is 11.9 Å². The zero-order chi connectivity index (χ0) is 16.3. The van der Waals surface area contributed by atoms with E-state index in [1.165, 1.54) is 6.07 Å². The Labute approximate surface area is 130 Å². The van der Waals surface area contributed by atoms with Crippen molar-refractivity contribution >= 4 is 21.8 Å². The normalized spacial score (nSPS) is 18.4. The topological polar surface area (TPSA) is 87.6 Å². The number of rotatable bonds is 4. The second kappa shape index (κ2) is 6.20. The molecular formula is C15H17N3O3S. The highest BCUT2D eigenvalue weighted by molar-refractivity contribution is 7.90.